The number of methoxy groups -OCH3 is 1. The molecule has 0 aromatic heterocycles. The molecule has 0 saturated carbocycles. The summed E-state index contributed by atoms with van der Waals surface area (Å²) in [5.74, 6) is 0.464. The molecule has 5 heteroatoms. The summed E-state index contributed by atoms with van der Waals surface area (Å²) >= 11 is 0. The molecule has 2 aromatic carbocycles. The average molecular weight is 328 g/mol. The van der Waals surface area contributed by atoms with Gasteiger partial charge in [0.2, 0.25) is 5.91 Å². The second kappa shape index (κ2) is 8.47. The van der Waals surface area contributed by atoms with E-state index < -0.39 is 0 Å². The highest BCUT2D eigenvalue weighted by molar-refractivity contribution is 5.90. The molecular weight excluding hydrogens is 304 g/mol. The maximum atomic E-state index is 11.4. The Kier molecular flexibility index (Phi) is 6.35. The number of amides is 1. The smallest absolute Gasteiger partial charge is 0.221 e. The van der Waals surface area contributed by atoms with Gasteiger partial charge in [-0.3, -0.25) is 4.79 Å². The Morgan fingerprint density at radius 1 is 1.17 bits per heavy atom. The second-order valence-corrected chi connectivity index (χ2v) is 5.68. The van der Waals surface area contributed by atoms with Crippen LogP contribution in [0.15, 0.2) is 48.5 Å². The Morgan fingerprint density at radius 3 is 2.46 bits per heavy atom. The van der Waals surface area contributed by atoms with Crippen molar-refractivity contribution in [2.75, 3.05) is 19.0 Å². The van der Waals surface area contributed by atoms with Crippen LogP contribution in [0, 0.1) is 0 Å². The molecule has 0 aliphatic heterocycles. The van der Waals surface area contributed by atoms with Gasteiger partial charge in [0.25, 0.3) is 0 Å². The van der Waals surface area contributed by atoms with Crippen LogP contribution in [0.3, 0.4) is 0 Å². The Balaban J connectivity index is 2.19. The number of carbonyl (C=O) groups is 1. The van der Waals surface area contributed by atoms with Crippen LogP contribution in [0.1, 0.15) is 37.1 Å². The van der Waals surface area contributed by atoms with Crippen LogP contribution in [0.25, 0.3) is 0 Å². The lowest BCUT2D eigenvalue weighted by Gasteiger charge is -2.23. The van der Waals surface area contributed by atoms with Crippen molar-refractivity contribution in [3.8, 4) is 5.75 Å². The minimum absolute atomic E-state index is 0.00304. The highest BCUT2D eigenvalue weighted by atomic mass is 16.5. The third-order valence-corrected chi connectivity index (χ3v) is 3.87. The van der Waals surface area contributed by atoms with E-state index in [1.54, 1.807) is 7.11 Å². The maximum Gasteiger partial charge on any atom is 0.221 e. The van der Waals surface area contributed by atoms with Gasteiger partial charge in [-0.05, 0) is 30.2 Å². The molecule has 0 radical (unpaired) electrons. The first kappa shape index (κ1) is 18.0. The minimum atomic E-state index is -0.160. The molecule has 0 aliphatic carbocycles. The maximum absolute atomic E-state index is 11.4. The number of rotatable bonds is 7. The Morgan fingerprint density at radius 2 is 1.88 bits per heavy atom. The Labute approximate surface area is 142 Å². The van der Waals surface area contributed by atoms with Crippen LogP contribution < -0.4 is 15.4 Å². The van der Waals surface area contributed by atoms with Gasteiger partial charge in [-0.1, -0.05) is 36.4 Å². The van der Waals surface area contributed by atoms with E-state index in [1.165, 1.54) is 6.92 Å². The molecule has 24 heavy (non-hydrogen) atoms. The van der Waals surface area contributed by atoms with Crippen LogP contribution in [0.2, 0.25) is 0 Å². The van der Waals surface area contributed by atoms with E-state index >= 15 is 0 Å². The van der Waals surface area contributed by atoms with Crippen molar-refractivity contribution in [1.29, 1.82) is 0 Å². The first-order valence-electron chi connectivity index (χ1n) is 7.92. The van der Waals surface area contributed by atoms with Crippen LogP contribution in [-0.2, 0) is 4.79 Å². The van der Waals surface area contributed by atoms with Gasteiger partial charge >= 0.3 is 0 Å². The van der Waals surface area contributed by atoms with Crippen molar-refractivity contribution in [2.24, 2.45) is 0 Å². The third-order valence-electron chi connectivity index (χ3n) is 3.87. The van der Waals surface area contributed by atoms with Gasteiger partial charge in [-0.2, -0.15) is 0 Å². The van der Waals surface area contributed by atoms with E-state index in [9.17, 15) is 9.90 Å². The predicted octanol–water partition coefficient (Wildman–Crippen LogP) is 3.04. The predicted molar refractivity (Wildman–Crippen MR) is 95.1 cm³/mol. The quantitative estimate of drug-likeness (QED) is 0.730. The zero-order chi connectivity index (χ0) is 17.5. The highest BCUT2D eigenvalue weighted by Gasteiger charge is 2.16. The fraction of sp³-hybridized carbons (Fsp3) is 0.316. The first-order chi connectivity index (χ1) is 11.5. The fourth-order valence-corrected chi connectivity index (χ4v) is 2.62. The normalized spacial score (nSPS) is 13.2. The van der Waals surface area contributed by atoms with Gasteiger partial charge in [0.15, 0.2) is 0 Å². The molecule has 1 unspecified atom stereocenters. The number of aliphatic hydroxyl groups is 1. The lowest BCUT2D eigenvalue weighted by molar-refractivity contribution is -0.114. The summed E-state index contributed by atoms with van der Waals surface area (Å²) in [6.07, 6.45) is 0. The van der Waals surface area contributed by atoms with Crippen molar-refractivity contribution < 1.29 is 14.6 Å². The molecule has 0 fully saturated rings. The second-order valence-electron chi connectivity index (χ2n) is 5.68. The zero-order valence-electron chi connectivity index (χ0n) is 14.2. The van der Waals surface area contributed by atoms with Crippen molar-refractivity contribution in [3.05, 3.63) is 59.7 Å². The number of carbonyl (C=O) groups excluding carboxylic acids is 1. The van der Waals surface area contributed by atoms with Gasteiger partial charge in [0.05, 0.1) is 25.4 Å². The lowest BCUT2D eigenvalue weighted by atomic mass is 10.0. The van der Waals surface area contributed by atoms with Crippen molar-refractivity contribution in [1.82, 2.24) is 5.32 Å². The van der Waals surface area contributed by atoms with Crippen molar-refractivity contribution in [2.45, 2.75) is 25.9 Å². The average Bonchev–Trinajstić information content (AvgIpc) is 2.59. The molecule has 2 rings (SSSR count). The number of hydrogen-bond donors (Lipinski definition) is 3. The standard InChI is InChI=1S/C19H24N2O3/c1-13(20-18(12-22)15-7-5-4-6-8-15)16-9-10-19(24-3)17(11-16)21-14(2)23/h4-11,13,18,20,22H,12H2,1-3H3,(H,21,23)/t13?,18-/m1/s1. The van der Waals surface area contributed by atoms with Crippen LogP contribution in [-0.4, -0.2) is 24.7 Å². The fourth-order valence-electron chi connectivity index (χ4n) is 2.62. The van der Waals surface area contributed by atoms with Gasteiger partial charge in [0, 0.05) is 13.0 Å². The number of benzene rings is 2. The molecule has 128 valence electrons. The molecule has 0 spiro atoms. The summed E-state index contributed by atoms with van der Waals surface area (Å²) in [4.78, 5) is 11.4. The zero-order valence-corrected chi connectivity index (χ0v) is 14.2. The summed E-state index contributed by atoms with van der Waals surface area (Å²) < 4.78 is 5.28. The molecule has 0 bridgehead atoms. The molecule has 1 amide bonds. The van der Waals surface area contributed by atoms with E-state index in [1.807, 2.05) is 55.5 Å². The molecule has 2 aromatic rings. The Bertz CT molecular complexity index is 674. The van der Waals surface area contributed by atoms with Crippen LogP contribution in [0.5, 0.6) is 5.75 Å². The van der Waals surface area contributed by atoms with Gasteiger partial charge in [-0.25, -0.2) is 0 Å². The molecule has 5 nitrogen and oxygen atoms in total. The van der Waals surface area contributed by atoms with Gasteiger partial charge in [0.1, 0.15) is 5.75 Å². The molecule has 0 aliphatic rings. The molecule has 0 saturated heterocycles. The largest absolute Gasteiger partial charge is 0.495 e. The number of ether oxygens (including phenoxy) is 1. The topological polar surface area (TPSA) is 70.6 Å². The highest BCUT2D eigenvalue weighted by Crippen LogP contribution is 2.29. The summed E-state index contributed by atoms with van der Waals surface area (Å²) in [5, 5.41) is 15.9. The minimum Gasteiger partial charge on any atom is -0.495 e. The summed E-state index contributed by atoms with van der Waals surface area (Å²) in [7, 11) is 1.57. The number of anilines is 1. The van der Waals surface area contributed by atoms with Gasteiger partial charge < -0.3 is 20.5 Å². The first-order valence-corrected chi connectivity index (χ1v) is 7.92. The number of nitrogens with one attached hydrogen (secondary N) is 2. The molecule has 3 N–H and O–H groups in total. The van der Waals surface area contributed by atoms with E-state index in [0.717, 1.165) is 11.1 Å². The Hall–Kier alpha value is -2.37. The third kappa shape index (κ3) is 4.57. The monoisotopic (exact) mass is 328 g/mol. The summed E-state index contributed by atoms with van der Waals surface area (Å²) in [5.41, 5.74) is 2.66. The lowest BCUT2D eigenvalue weighted by Crippen LogP contribution is -2.27. The van der Waals surface area contributed by atoms with Crippen molar-refractivity contribution in [3.63, 3.8) is 0 Å². The van der Waals surface area contributed by atoms with Crippen molar-refractivity contribution >= 4 is 11.6 Å². The molecular formula is C19H24N2O3. The molecule has 0 heterocycles. The number of hydrogen-bond acceptors (Lipinski definition) is 4. The SMILES string of the molecule is COc1ccc(C(C)N[C@H](CO)c2ccccc2)cc1NC(C)=O. The van der Waals surface area contributed by atoms with E-state index in [2.05, 4.69) is 10.6 Å². The summed E-state index contributed by atoms with van der Waals surface area (Å²) in [6.45, 7) is 3.49. The molecule has 2 atom stereocenters. The summed E-state index contributed by atoms with van der Waals surface area (Å²) in [6, 6.07) is 15.3. The van der Waals surface area contributed by atoms with Crippen LogP contribution >= 0.6 is 0 Å². The van der Waals surface area contributed by atoms with Gasteiger partial charge in [-0.15, -0.1) is 0 Å². The number of aliphatic hydroxyl groups excluding tert-OH is 1. The van der Waals surface area contributed by atoms with E-state index in [-0.39, 0.29) is 24.6 Å². The van der Waals surface area contributed by atoms with E-state index in [0.29, 0.717) is 11.4 Å². The van der Waals surface area contributed by atoms with E-state index in [4.69, 9.17) is 4.74 Å². The van der Waals surface area contributed by atoms with Crippen LogP contribution in [0.4, 0.5) is 5.69 Å².